The molecule has 0 saturated carbocycles. The molecule has 4 aliphatic rings. The average molecular weight is 1320 g/mol. The molecular weight excluding hydrogens is 1230 g/mol. The van der Waals surface area contributed by atoms with Gasteiger partial charge in [-0.05, 0) is 117 Å². The second kappa shape index (κ2) is 29.7. The lowest BCUT2D eigenvalue weighted by Gasteiger charge is -2.44. The lowest BCUT2D eigenvalue weighted by molar-refractivity contribution is -0.128. The van der Waals surface area contributed by atoms with Gasteiger partial charge in [0.05, 0.1) is 62.0 Å². The van der Waals surface area contributed by atoms with Crippen molar-refractivity contribution in [2.24, 2.45) is 5.92 Å². The molecule has 0 spiro atoms. The van der Waals surface area contributed by atoms with E-state index in [0.29, 0.717) is 24.1 Å². The van der Waals surface area contributed by atoms with Crippen LogP contribution in [-0.4, -0.2) is 144 Å². The lowest BCUT2D eigenvalue weighted by Crippen LogP contribution is -2.57. The minimum Gasteiger partial charge on any atom is -0.493 e. The summed E-state index contributed by atoms with van der Waals surface area (Å²) >= 11 is 0. The molecule has 4 aliphatic heterocycles. The van der Waals surface area contributed by atoms with Gasteiger partial charge in [0.15, 0.2) is 52.1 Å². The molecule has 0 bridgehead atoms. The third kappa shape index (κ3) is 16.3. The lowest BCUT2D eigenvalue weighted by atomic mass is 10.0. The second-order valence-electron chi connectivity index (χ2n) is 26.8. The molecule has 93 heavy (non-hydrogen) atoms. The van der Waals surface area contributed by atoms with E-state index in [4.69, 9.17) is 37.3 Å². The van der Waals surface area contributed by atoms with Crippen molar-refractivity contribution in [2.45, 2.75) is 175 Å². The Kier molecular flexibility index (Phi) is 23.0. The maximum Gasteiger partial charge on any atom is 0.416 e. The van der Waals surface area contributed by atoms with Gasteiger partial charge in [0.25, 0.3) is 11.8 Å². The molecule has 504 valence electrons. The average Bonchev–Trinajstić information content (AvgIpc) is 1.64. The fourth-order valence-corrected chi connectivity index (χ4v) is 13.0. The first-order valence-corrected chi connectivity index (χ1v) is 37.1. The minimum atomic E-state index is -2.79. The first kappa shape index (κ1) is 72.0. The Morgan fingerprint density at radius 3 is 1.58 bits per heavy atom. The number of alkyl carbamates (subject to hydrolysis) is 1. The van der Waals surface area contributed by atoms with E-state index < -0.39 is 95.2 Å². The highest BCUT2D eigenvalue weighted by atomic mass is 28.4. The Morgan fingerprint density at radius 2 is 1.15 bits per heavy atom. The summed E-state index contributed by atoms with van der Waals surface area (Å²) in [5, 5.41) is 18.4. The number of nitrogens with zero attached hydrogens (tertiary/aromatic N) is 4. The number of fused-ring (bicyclic) bond motifs is 4. The number of methoxy groups -OCH3 is 2. The number of anilines is 3. The number of carbonyl (C=O) groups excluding carboxylic acids is 6. The van der Waals surface area contributed by atoms with E-state index in [0.717, 1.165) is 16.0 Å². The van der Waals surface area contributed by atoms with Gasteiger partial charge in [-0.25, -0.2) is 24.2 Å². The van der Waals surface area contributed by atoms with Crippen LogP contribution < -0.4 is 44.7 Å². The van der Waals surface area contributed by atoms with Crippen LogP contribution in [0.3, 0.4) is 0 Å². The van der Waals surface area contributed by atoms with Crippen LogP contribution in [0.1, 0.15) is 122 Å². The van der Waals surface area contributed by atoms with E-state index >= 15 is 9.59 Å². The number of nitrogens with one attached hydrogen (secondary N) is 3. The summed E-state index contributed by atoms with van der Waals surface area (Å²) in [6.45, 7) is 32.7. The molecule has 6 atom stereocenters. The molecule has 4 N–H and O–H groups in total. The topological polar surface area (TPSA) is 263 Å². The fraction of sp³-hybridized carbons (Fsp3) is 0.485. The number of hydrogen-bond acceptors (Lipinski definition) is 15. The van der Waals surface area contributed by atoms with E-state index in [1.165, 1.54) is 50.3 Å². The second-order valence-corrected chi connectivity index (χ2v) is 36.3. The van der Waals surface area contributed by atoms with Gasteiger partial charge in [-0.2, -0.15) is 0 Å². The summed E-state index contributed by atoms with van der Waals surface area (Å²) in [4.78, 5) is 103. The number of carbonyl (C=O) groups is 7. The maximum atomic E-state index is 15.2. The molecule has 0 fully saturated rings. The smallest absolute Gasteiger partial charge is 0.416 e. The van der Waals surface area contributed by atoms with Crippen molar-refractivity contribution >= 4 is 75.6 Å². The van der Waals surface area contributed by atoms with Crippen LogP contribution in [0.4, 0.5) is 31.4 Å². The zero-order valence-corrected chi connectivity index (χ0v) is 58.7. The van der Waals surface area contributed by atoms with Crippen molar-refractivity contribution in [3.63, 3.8) is 0 Å². The van der Waals surface area contributed by atoms with E-state index in [2.05, 4.69) is 77.2 Å². The van der Waals surface area contributed by atoms with Gasteiger partial charge >= 0.3 is 18.3 Å². The Morgan fingerprint density at radius 1 is 0.677 bits per heavy atom. The third-order valence-electron chi connectivity index (χ3n) is 17.7. The molecule has 4 heterocycles. The molecule has 0 radical (unpaired) electrons. The standard InChI is InChI=1S/C68H93N7O16Si2/c1-19-23-44-32-51-62(90-92(15,16)67(7,8)9)74(65(81)82)49-36-55(53(84-13)34-47(49)60(78)72(51)38-44)86-30-22-31-87-56-37-50-48(35-54(56)85-14)61(79)73-39-45(24-20-2)33-52(73)63(91-93(17,18)68(10,11)12)75(50)66(83)89-40-43-25-27-46(28-26-43)70-58(76)42(6)69-59(77)57(41(4)5)71-64(80)88-29-21-3/h19-21,23-28,34-39,41-42,51-52,57,62-63H,3,22,29-33,40H2,1-2,4-18H3,(H,69,77)(H,70,76)(H,71,80)(H,81,82)/t42-,51?,52+,57-,62?,63+/m1/s1. The number of rotatable bonds is 24. The van der Waals surface area contributed by atoms with E-state index in [-0.39, 0.29) is 94.3 Å². The zero-order valence-electron chi connectivity index (χ0n) is 56.7. The van der Waals surface area contributed by atoms with Crippen molar-refractivity contribution in [3.05, 3.63) is 126 Å². The van der Waals surface area contributed by atoms with Crippen molar-refractivity contribution in [2.75, 3.05) is 49.2 Å². The van der Waals surface area contributed by atoms with Gasteiger partial charge in [0.1, 0.15) is 25.3 Å². The van der Waals surface area contributed by atoms with Crippen LogP contribution in [-0.2, 0) is 34.5 Å². The van der Waals surface area contributed by atoms with Crippen LogP contribution in [0.2, 0.25) is 36.3 Å². The molecule has 23 nitrogen and oxygen atoms in total. The molecule has 0 saturated heterocycles. The Labute approximate surface area is 548 Å². The van der Waals surface area contributed by atoms with Crippen molar-refractivity contribution in [3.8, 4) is 23.0 Å². The molecule has 2 unspecified atom stereocenters. The van der Waals surface area contributed by atoms with Crippen LogP contribution in [0.25, 0.3) is 0 Å². The highest BCUT2D eigenvalue weighted by Gasteiger charge is 2.53. The summed E-state index contributed by atoms with van der Waals surface area (Å²) in [6, 6.07) is 9.37. The van der Waals surface area contributed by atoms with Crippen molar-refractivity contribution in [1.29, 1.82) is 0 Å². The van der Waals surface area contributed by atoms with E-state index in [1.807, 2.05) is 51.2 Å². The summed E-state index contributed by atoms with van der Waals surface area (Å²) < 4.78 is 49.9. The number of hydrogen-bond donors (Lipinski definition) is 4. The van der Waals surface area contributed by atoms with Crippen molar-refractivity contribution < 1.29 is 75.9 Å². The SMILES string of the molecule is C=CCOC(=O)N[C@@H](C(=O)N[C@H](C)C(=O)Nc1ccc(COC(=O)N2c3cc(OCCCOc4cc5c(cc4OC)C(=O)N4C=C(C=CC)CC4C(O[Si](C)(C)C(C)(C)C)N5C(=O)O)c(OC)cc3C(=O)N3C=C(C=CC)C[C@H]3[C@@H]2O[Si](C)(C)C(C)(C)C)cc1)C(C)C. The maximum absolute atomic E-state index is 15.2. The fourth-order valence-electron chi connectivity index (χ4n) is 10.6. The number of carboxylic acid groups (broad SMARTS) is 1. The summed E-state index contributed by atoms with van der Waals surface area (Å²) in [5.41, 5.74) is 3.10. The summed E-state index contributed by atoms with van der Waals surface area (Å²) in [6.07, 6.45) is 8.41. The molecule has 3 aromatic carbocycles. The number of allylic oxidation sites excluding steroid dienone is 4. The van der Waals surface area contributed by atoms with Gasteiger partial charge in [0, 0.05) is 36.6 Å². The largest absolute Gasteiger partial charge is 0.493 e. The molecule has 25 heteroatoms. The normalized spacial score (nSPS) is 18.9. The molecule has 0 aliphatic carbocycles. The van der Waals surface area contributed by atoms with Gasteiger partial charge in [-0.1, -0.05) is 104 Å². The Bertz CT molecular complexity index is 3440. The van der Waals surface area contributed by atoms with Crippen LogP contribution in [0, 0.1) is 5.92 Å². The predicted molar refractivity (Wildman–Crippen MR) is 360 cm³/mol. The highest BCUT2D eigenvalue weighted by molar-refractivity contribution is 6.74. The molecule has 7 rings (SSSR count). The molecule has 0 aromatic heterocycles. The van der Waals surface area contributed by atoms with Gasteiger partial charge < -0.3 is 68.1 Å². The van der Waals surface area contributed by atoms with Crippen LogP contribution >= 0.6 is 0 Å². The van der Waals surface area contributed by atoms with Gasteiger partial charge in [0.2, 0.25) is 11.8 Å². The first-order chi connectivity index (χ1) is 43.7. The monoisotopic (exact) mass is 1320 g/mol. The quantitative estimate of drug-likeness (QED) is 0.0369. The molecule has 3 aromatic rings. The first-order valence-electron chi connectivity index (χ1n) is 31.3. The Hall–Kier alpha value is -8.40. The summed E-state index contributed by atoms with van der Waals surface area (Å²) in [5.74, 6) is -1.50. The van der Waals surface area contributed by atoms with E-state index in [1.54, 1.807) is 66.4 Å². The Balaban J connectivity index is 1.15. The van der Waals surface area contributed by atoms with Crippen LogP contribution in [0.5, 0.6) is 23.0 Å². The van der Waals surface area contributed by atoms with Gasteiger partial charge in [-0.15, -0.1) is 0 Å². The van der Waals surface area contributed by atoms with Gasteiger partial charge in [-0.3, -0.25) is 19.2 Å². The third-order valence-corrected chi connectivity index (χ3v) is 26.6. The summed E-state index contributed by atoms with van der Waals surface area (Å²) in [7, 11) is -2.59. The number of benzene rings is 3. The van der Waals surface area contributed by atoms with Crippen LogP contribution in [0.15, 0.2) is 109 Å². The number of ether oxygens (including phenoxy) is 6. The van der Waals surface area contributed by atoms with Crippen molar-refractivity contribution in [1.82, 2.24) is 20.4 Å². The highest BCUT2D eigenvalue weighted by Crippen LogP contribution is 2.48. The zero-order chi connectivity index (χ0) is 68.7. The molecular formula is C68H93N7O16Si2. The van der Waals surface area contributed by atoms with E-state index in [9.17, 15) is 29.1 Å². The number of amides is 7. The predicted octanol–water partition coefficient (Wildman–Crippen LogP) is 12.6. The molecule has 7 amide bonds. The minimum absolute atomic E-state index is 0.0172.